The fourth-order valence-corrected chi connectivity index (χ4v) is 3.16. The maximum atomic E-state index is 12.6. The van der Waals surface area contributed by atoms with E-state index in [9.17, 15) is 4.21 Å². The fraction of sp³-hybridized carbons (Fsp3) is 0.0667. The van der Waals surface area contributed by atoms with Crippen LogP contribution in [-0.4, -0.2) is 8.18 Å². The van der Waals surface area contributed by atoms with Crippen LogP contribution in [0, 0.1) is 6.92 Å². The van der Waals surface area contributed by atoms with Crippen LogP contribution in [0.15, 0.2) is 59.6 Å². The maximum absolute atomic E-state index is 12.6. The molecule has 4 heteroatoms. The molecule has 3 rings (SSSR count). The number of nitrogens with two attached hydrogens (primary N) is 1. The van der Waals surface area contributed by atoms with Gasteiger partial charge in [0.15, 0.2) is 11.0 Å². The first-order valence-corrected chi connectivity index (χ1v) is 7.11. The zero-order chi connectivity index (χ0) is 13.4. The Kier molecular flexibility index (Phi) is 2.87. The summed E-state index contributed by atoms with van der Waals surface area (Å²) in [4.78, 5) is 0.792. The van der Waals surface area contributed by atoms with Crippen molar-refractivity contribution in [1.82, 2.24) is 3.97 Å². The highest BCUT2D eigenvalue weighted by molar-refractivity contribution is 7.83. The van der Waals surface area contributed by atoms with Gasteiger partial charge in [0.25, 0.3) is 0 Å². The summed E-state index contributed by atoms with van der Waals surface area (Å²) in [6, 6.07) is 15.3. The minimum Gasteiger partial charge on any atom is -0.399 e. The summed E-state index contributed by atoms with van der Waals surface area (Å²) in [6.45, 7) is 2.01. The second-order valence-corrected chi connectivity index (χ2v) is 5.89. The molecule has 1 aromatic heterocycles. The molecular formula is C15H14N2OS. The van der Waals surface area contributed by atoms with E-state index in [1.165, 1.54) is 0 Å². The Balaban J connectivity index is 2.09. The number of aryl methyl sites for hydroxylation is 1. The summed E-state index contributed by atoms with van der Waals surface area (Å²) in [5.41, 5.74) is 8.55. The van der Waals surface area contributed by atoms with Gasteiger partial charge in [-0.15, -0.1) is 0 Å². The largest absolute Gasteiger partial charge is 0.399 e. The number of nitrogens with zero attached hydrogens (tertiary/aromatic N) is 1. The van der Waals surface area contributed by atoms with Gasteiger partial charge in [-0.05, 0) is 43.3 Å². The Morgan fingerprint density at radius 1 is 1.05 bits per heavy atom. The van der Waals surface area contributed by atoms with Crippen molar-refractivity contribution in [3.8, 4) is 0 Å². The molecule has 96 valence electrons. The molecule has 0 bridgehead atoms. The van der Waals surface area contributed by atoms with E-state index in [0.717, 1.165) is 21.4 Å². The van der Waals surface area contributed by atoms with Crippen molar-refractivity contribution in [2.75, 3.05) is 5.73 Å². The van der Waals surface area contributed by atoms with Crippen molar-refractivity contribution in [2.45, 2.75) is 11.8 Å². The monoisotopic (exact) mass is 270 g/mol. The molecule has 1 heterocycles. The zero-order valence-corrected chi connectivity index (χ0v) is 11.4. The molecule has 0 spiro atoms. The minimum absolute atomic E-state index is 0.714. The smallest absolute Gasteiger partial charge is 0.157 e. The summed E-state index contributed by atoms with van der Waals surface area (Å²) >= 11 is 0. The lowest BCUT2D eigenvalue weighted by molar-refractivity contribution is 0.678. The normalized spacial score (nSPS) is 12.7. The van der Waals surface area contributed by atoms with Crippen molar-refractivity contribution in [3.63, 3.8) is 0 Å². The van der Waals surface area contributed by atoms with Crippen LogP contribution in [0.2, 0.25) is 0 Å². The first kappa shape index (κ1) is 12.0. The lowest BCUT2D eigenvalue weighted by atomic mass is 10.2. The third kappa shape index (κ3) is 2.15. The van der Waals surface area contributed by atoms with E-state index in [1.807, 2.05) is 61.7 Å². The van der Waals surface area contributed by atoms with Gasteiger partial charge in [0.1, 0.15) is 0 Å². The summed E-state index contributed by atoms with van der Waals surface area (Å²) in [7, 11) is -1.23. The van der Waals surface area contributed by atoms with Crippen LogP contribution >= 0.6 is 0 Å². The van der Waals surface area contributed by atoms with Gasteiger partial charge in [0, 0.05) is 17.3 Å². The highest BCUT2D eigenvalue weighted by Gasteiger charge is 2.09. The molecule has 0 aliphatic rings. The van der Waals surface area contributed by atoms with Gasteiger partial charge in [0.05, 0.1) is 10.4 Å². The van der Waals surface area contributed by atoms with Crippen LogP contribution in [-0.2, 0) is 11.0 Å². The van der Waals surface area contributed by atoms with Gasteiger partial charge in [-0.25, -0.2) is 4.21 Å². The van der Waals surface area contributed by atoms with Crippen molar-refractivity contribution < 1.29 is 4.21 Å². The second kappa shape index (κ2) is 4.55. The SMILES string of the molecule is Cc1ccc(S(=O)n2ccc3cc(N)ccc32)cc1. The number of benzene rings is 2. The van der Waals surface area contributed by atoms with E-state index in [1.54, 1.807) is 3.97 Å². The Hall–Kier alpha value is -2.07. The average Bonchev–Trinajstić information content (AvgIpc) is 2.81. The van der Waals surface area contributed by atoms with Crippen LogP contribution in [0.5, 0.6) is 0 Å². The molecule has 0 saturated heterocycles. The average molecular weight is 270 g/mol. The molecular weight excluding hydrogens is 256 g/mol. The van der Waals surface area contributed by atoms with Crippen LogP contribution in [0.25, 0.3) is 10.9 Å². The van der Waals surface area contributed by atoms with Crippen LogP contribution in [0.4, 0.5) is 5.69 Å². The van der Waals surface area contributed by atoms with Gasteiger partial charge in [0.2, 0.25) is 0 Å². The molecule has 0 aliphatic heterocycles. The highest BCUT2D eigenvalue weighted by Crippen LogP contribution is 2.22. The summed E-state index contributed by atoms with van der Waals surface area (Å²) in [5.74, 6) is 0. The van der Waals surface area contributed by atoms with E-state index in [0.29, 0.717) is 5.69 Å². The molecule has 19 heavy (non-hydrogen) atoms. The first-order valence-electron chi connectivity index (χ1n) is 6.01. The topological polar surface area (TPSA) is 48.0 Å². The number of aromatic nitrogens is 1. The Labute approximate surface area is 114 Å². The van der Waals surface area contributed by atoms with E-state index < -0.39 is 11.0 Å². The number of rotatable bonds is 2. The van der Waals surface area contributed by atoms with Gasteiger partial charge >= 0.3 is 0 Å². The summed E-state index contributed by atoms with van der Waals surface area (Å²) in [6.07, 6.45) is 1.83. The third-order valence-electron chi connectivity index (χ3n) is 3.08. The predicted molar refractivity (Wildman–Crippen MR) is 79.3 cm³/mol. The molecule has 3 nitrogen and oxygen atoms in total. The Morgan fingerprint density at radius 3 is 2.53 bits per heavy atom. The van der Waals surface area contributed by atoms with Gasteiger partial charge in [-0.3, -0.25) is 3.97 Å². The second-order valence-electron chi connectivity index (χ2n) is 4.52. The molecule has 0 aliphatic carbocycles. The van der Waals surface area contributed by atoms with Crippen molar-refractivity contribution >= 4 is 27.6 Å². The lowest BCUT2D eigenvalue weighted by Gasteiger charge is -2.06. The molecule has 2 N–H and O–H groups in total. The molecule has 3 aromatic rings. The van der Waals surface area contributed by atoms with E-state index in [-0.39, 0.29) is 0 Å². The first-order chi connectivity index (χ1) is 9.15. The van der Waals surface area contributed by atoms with Crippen LogP contribution in [0.3, 0.4) is 0 Å². The number of hydrogen-bond donors (Lipinski definition) is 1. The summed E-state index contributed by atoms with van der Waals surface area (Å²) in [5, 5.41) is 1.00. The standard InChI is InChI=1S/C15H14N2OS/c1-11-2-5-14(6-3-11)19(18)17-9-8-12-10-13(16)4-7-15(12)17/h2-10H,16H2,1H3. The zero-order valence-electron chi connectivity index (χ0n) is 10.5. The van der Waals surface area contributed by atoms with E-state index >= 15 is 0 Å². The number of fused-ring (bicyclic) bond motifs is 1. The Morgan fingerprint density at radius 2 is 1.79 bits per heavy atom. The molecule has 1 unspecified atom stereocenters. The van der Waals surface area contributed by atoms with Crippen LogP contribution < -0.4 is 5.73 Å². The molecule has 0 amide bonds. The summed E-state index contributed by atoms with van der Waals surface area (Å²) < 4.78 is 14.3. The number of hydrogen-bond acceptors (Lipinski definition) is 2. The van der Waals surface area contributed by atoms with Gasteiger partial charge < -0.3 is 5.73 Å². The van der Waals surface area contributed by atoms with E-state index in [4.69, 9.17) is 5.73 Å². The molecule has 0 fully saturated rings. The fourth-order valence-electron chi connectivity index (χ4n) is 2.05. The van der Waals surface area contributed by atoms with Crippen LogP contribution in [0.1, 0.15) is 5.56 Å². The van der Waals surface area contributed by atoms with Gasteiger partial charge in [-0.2, -0.15) is 0 Å². The van der Waals surface area contributed by atoms with Gasteiger partial charge in [-0.1, -0.05) is 17.7 Å². The van der Waals surface area contributed by atoms with Crippen molar-refractivity contribution in [3.05, 3.63) is 60.3 Å². The van der Waals surface area contributed by atoms with E-state index in [2.05, 4.69) is 0 Å². The number of anilines is 1. The lowest BCUT2D eigenvalue weighted by Crippen LogP contribution is -2.03. The third-order valence-corrected chi connectivity index (χ3v) is 4.43. The molecule has 0 saturated carbocycles. The number of nitrogen functional groups attached to an aromatic ring is 1. The highest BCUT2D eigenvalue weighted by atomic mass is 32.2. The quantitative estimate of drug-likeness (QED) is 0.727. The maximum Gasteiger partial charge on any atom is 0.157 e. The minimum atomic E-state index is -1.23. The molecule has 2 aromatic carbocycles. The Bertz CT molecular complexity index is 759. The van der Waals surface area contributed by atoms with Crippen molar-refractivity contribution in [2.24, 2.45) is 0 Å². The molecule has 1 atom stereocenters. The predicted octanol–water partition coefficient (Wildman–Crippen LogP) is 3.10. The van der Waals surface area contributed by atoms with Crippen molar-refractivity contribution in [1.29, 1.82) is 0 Å². The molecule has 0 radical (unpaired) electrons.